The van der Waals surface area contributed by atoms with Gasteiger partial charge < -0.3 is 24.3 Å². The second-order valence-corrected chi connectivity index (χ2v) is 9.92. The number of aryl methyl sites for hydroxylation is 1. The molecule has 3 aromatic heterocycles. The van der Waals surface area contributed by atoms with Gasteiger partial charge in [-0.25, -0.2) is 14.3 Å². The molecule has 0 unspecified atom stereocenters. The van der Waals surface area contributed by atoms with Gasteiger partial charge in [-0.15, -0.1) is 11.3 Å². The number of thiophene rings is 1. The summed E-state index contributed by atoms with van der Waals surface area (Å²) in [4.78, 5) is 45.9. The van der Waals surface area contributed by atoms with Crippen molar-refractivity contribution in [2.24, 2.45) is 0 Å². The summed E-state index contributed by atoms with van der Waals surface area (Å²) in [7, 11) is 1.54. The van der Waals surface area contributed by atoms with Gasteiger partial charge in [-0.3, -0.25) is 14.2 Å². The number of piperidine rings is 1. The van der Waals surface area contributed by atoms with E-state index in [0.29, 0.717) is 57.2 Å². The minimum Gasteiger partial charge on any atom is -0.496 e. The minimum absolute atomic E-state index is 0.00923. The van der Waals surface area contributed by atoms with Gasteiger partial charge in [0, 0.05) is 12.1 Å². The molecule has 38 heavy (non-hydrogen) atoms. The van der Waals surface area contributed by atoms with Gasteiger partial charge in [0.15, 0.2) is 0 Å². The van der Waals surface area contributed by atoms with E-state index < -0.39 is 23.4 Å². The van der Waals surface area contributed by atoms with Crippen LogP contribution < -0.4 is 21.3 Å². The topological polar surface area (TPSA) is 138 Å². The highest BCUT2D eigenvalue weighted by atomic mass is 32.1. The summed E-state index contributed by atoms with van der Waals surface area (Å²) >= 11 is 1.22. The molecule has 11 nitrogen and oxygen atoms in total. The third-order valence-electron chi connectivity index (χ3n) is 6.68. The Morgan fingerprint density at radius 3 is 2.82 bits per heavy atom. The predicted octanol–water partition coefficient (Wildman–Crippen LogP) is 2.40. The summed E-state index contributed by atoms with van der Waals surface area (Å²) < 4.78 is 19.6. The van der Waals surface area contributed by atoms with E-state index in [-0.39, 0.29) is 25.7 Å². The molecule has 0 bridgehead atoms. The number of oxazole rings is 1. The van der Waals surface area contributed by atoms with Crippen LogP contribution >= 0.6 is 11.3 Å². The van der Waals surface area contributed by atoms with Crippen molar-refractivity contribution in [2.75, 3.05) is 26.9 Å². The SMILES string of the molecule is COc1ccccc1[C@H](Cn1c(=O)n([C@@H]2CCCNC2=O)c(=O)c2c(C)c(-c3ncco3)sc21)OCCO. The lowest BCUT2D eigenvalue weighted by Crippen LogP contribution is -2.49. The van der Waals surface area contributed by atoms with Crippen molar-refractivity contribution in [2.45, 2.75) is 38.5 Å². The molecule has 1 aromatic carbocycles. The number of aliphatic hydroxyl groups is 1. The van der Waals surface area contributed by atoms with Gasteiger partial charge in [0.2, 0.25) is 11.8 Å². The zero-order valence-corrected chi connectivity index (χ0v) is 21.8. The molecule has 0 aliphatic carbocycles. The zero-order chi connectivity index (χ0) is 26.8. The molecular formula is C26H28N4O7S. The molecule has 2 atom stereocenters. The normalized spacial score (nSPS) is 16.5. The first-order valence-electron chi connectivity index (χ1n) is 12.3. The third-order valence-corrected chi connectivity index (χ3v) is 7.98. The number of para-hydroxylation sites is 1. The number of carbonyl (C=O) groups is 1. The highest BCUT2D eigenvalue weighted by Crippen LogP contribution is 2.37. The van der Waals surface area contributed by atoms with Crippen LogP contribution in [0, 0.1) is 6.92 Å². The smallest absolute Gasteiger partial charge is 0.332 e. The zero-order valence-electron chi connectivity index (χ0n) is 21.0. The molecule has 200 valence electrons. The number of nitrogens with zero attached hydrogens (tertiary/aromatic N) is 3. The predicted molar refractivity (Wildman–Crippen MR) is 141 cm³/mol. The van der Waals surface area contributed by atoms with Crippen LogP contribution in [0.25, 0.3) is 21.0 Å². The molecule has 0 radical (unpaired) electrons. The van der Waals surface area contributed by atoms with Crippen molar-refractivity contribution >= 4 is 27.5 Å². The van der Waals surface area contributed by atoms with E-state index in [0.717, 1.165) is 4.57 Å². The Morgan fingerprint density at radius 1 is 1.29 bits per heavy atom. The minimum atomic E-state index is -0.924. The fraction of sp³-hybridized carbons (Fsp3) is 0.385. The van der Waals surface area contributed by atoms with Crippen LogP contribution in [0.15, 0.2) is 50.7 Å². The summed E-state index contributed by atoms with van der Waals surface area (Å²) in [5.74, 6) is 0.532. The molecule has 5 rings (SSSR count). The van der Waals surface area contributed by atoms with E-state index in [9.17, 15) is 19.5 Å². The fourth-order valence-electron chi connectivity index (χ4n) is 4.88. The maximum atomic E-state index is 14.0. The van der Waals surface area contributed by atoms with Gasteiger partial charge in [0.25, 0.3) is 5.56 Å². The molecule has 12 heteroatoms. The summed E-state index contributed by atoms with van der Waals surface area (Å²) in [6.45, 7) is 2.09. The lowest BCUT2D eigenvalue weighted by Gasteiger charge is -2.25. The highest BCUT2D eigenvalue weighted by Gasteiger charge is 2.31. The molecule has 4 aromatic rings. The first-order chi connectivity index (χ1) is 18.5. The van der Waals surface area contributed by atoms with Crippen molar-refractivity contribution in [3.63, 3.8) is 0 Å². The summed E-state index contributed by atoms with van der Waals surface area (Å²) in [5.41, 5.74) is 0.149. The lowest BCUT2D eigenvalue weighted by atomic mass is 10.1. The van der Waals surface area contributed by atoms with Gasteiger partial charge >= 0.3 is 5.69 Å². The van der Waals surface area contributed by atoms with Crippen LogP contribution in [0.4, 0.5) is 0 Å². The Morgan fingerprint density at radius 2 is 2.11 bits per heavy atom. The molecule has 4 heterocycles. The maximum absolute atomic E-state index is 14.0. The second-order valence-electron chi connectivity index (χ2n) is 8.92. The quantitative estimate of drug-likeness (QED) is 0.330. The Bertz CT molecular complexity index is 1570. The van der Waals surface area contributed by atoms with E-state index >= 15 is 0 Å². The molecule has 1 saturated heterocycles. The Kier molecular flexibility index (Phi) is 7.45. The van der Waals surface area contributed by atoms with Crippen LogP contribution in [0.5, 0.6) is 5.75 Å². The highest BCUT2D eigenvalue weighted by molar-refractivity contribution is 7.22. The van der Waals surface area contributed by atoms with Gasteiger partial charge in [-0.2, -0.15) is 0 Å². The first kappa shape index (κ1) is 25.9. The summed E-state index contributed by atoms with van der Waals surface area (Å²) in [6.07, 6.45) is 3.28. The van der Waals surface area contributed by atoms with E-state index in [4.69, 9.17) is 13.9 Å². The van der Waals surface area contributed by atoms with E-state index in [1.165, 1.54) is 28.4 Å². The number of methoxy groups -OCH3 is 1. The number of benzene rings is 1. The van der Waals surface area contributed by atoms with Crippen LogP contribution in [0.3, 0.4) is 0 Å². The number of rotatable bonds is 9. The van der Waals surface area contributed by atoms with Gasteiger partial charge in [0.05, 0.1) is 43.3 Å². The van der Waals surface area contributed by atoms with Crippen molar-refractivity contribution < 1.29 is 23.8 Å². The van der Waals surface area contributed by atoms with Crippen molar-refractivity contribution in [1.82, 2.24) is 19.4 Å². The van der Waals surface area contributed by atoms with E-state index in [2.05, 4.69) is 10.3 Å². The largest absolute Gasteiger partial charge is 0.496 e. The van der Waals surface area contributed by atoms with Crippen LogP contribution in [-0.4, -0.2) is 52.0 Å². The van der Waals surface area contributed by atoms with Gasteiger partial charge in [-0.1, -0.05) is 18.2 Å². The number of nitrogens with one attached hydrogen (secondary N) is 1. The Hall–Kier alpha value is -3.74. The number of hydrogen-bond acceptors (Lipinski definition) is 9. The molecule has 1 aliphatic heterocycles. The second kappa shape index (κ2) is 10.9. The Labute approximate surface area is 221 Å². The number of carbonyl (C=O) groups excluding carboxylic acids is 1. The number of ether oxygens (including phenoxy) is 2. The molecule has 2 N–H and O–H groups in total. The lowest BCUT2D eigenvalue weighted by molar-refractivity contribution is -0.126. The van der Waals surface area contributed by atoms with Crippen LogP contribution in [-0.2, 0) is 16.1 Å². The van der Waals surface area contributed by atoms with E-state index in [1.807, 2.05) is 18.2 Å². The van der Waals surface area contributed by atoms with Gasteiger partial charge in [0.1, 0.15) is 29.0 Å². The molecule has 1 amide bonds. The Balaban J connectivity index is 1.75. The number of amides is 1. The van der Waals surface area contributed by atoms with Crippen molar-refractivity contribution in [1.29, 1.82) is 0 Å². The average molecular weight is 541 g/mol. The molecule has 0 saturated carbocycles. The van der Waals surface area contributed by atoms with Crippen molar-refractivity contribution in [3.8, 4) is 16.5 Å². The third kappa shape index (κ3) is 4.55. The van der Waals surface area contributed by atoms with Crippen LogP contribution in [0.1, 0.15) is 36.1 Å². The molecule has 1 fully saturated rings. The number of aromatic nitrogens is 3. The monoisotopic (exact) mass is 540 g/mol. The van der Waals surface area contributed by atoms with Crippen LogP contribution in [0.2, 0.25) is 0 Å². The number of fused-ring (bicyclic) bond motifs is 1. The maximum Gasteiger partial charge on any atom is 0.332 e. The number of aliphatic hydroxyl groups excluding tert-OH is 1. The summed E-state index contributed by atoms with van der Waals surface area (Å²) in [6, 6.07) is 6.34. The molecule has 0 spiro atoms. The standard InChI is InChI=1S/C26H28N4O7S/c1-15-20-24(33)30(17-7-5-9-27-22(17)32)26(34)29(25(20)38-21(15)23-28-10-12-37-23)14-19(36-13-11-31)16-6-3-4-8-18(16)35-2/h3-4,6,8,10,12,17,19,31H,5,7,9,11,13-14H2,1-2H3,(H,27,32)/t17-,19+/m1/s1. The average Bonchev–Trinajstić information content (AvgIpc) is 3.57. The molecule has 1 aliphatic rings. The van der Waals surface area contributed by atoms with Gasteiger partial charge in [-0.05, 0) is 31.4 Å². The molecular weight excluding hydrogens is 512 g/mol. The fourth-order valence-corrected chi connectivity index (χ4v) is 6.12. The summed E-state index contributed by atoms with van der Waals surface area (Å²) in [5, 5.41) is 12.6. The van der Waals surface area contributed by atoms with Crippen molar-refractivity contribution in [3.05, 3.63) is 68.7 Å². The number of hydrogen-bond donors (Lipinski definition) is 2. The van der Waals surface area contributed by atoms with E-state index in [1.54, 1.807) is 20.1 Å². The first-order valence-corrected chi connectivity index (χ1v) is 13.1.